The van der Waals surface area contributed by atoms with E-state index in [4.69, 9.17) is 0 Å². The van der Waals surface area contributed by atoms with Crippen molar-refractivity contribution in [3.63, 3.8) is 0 Å². The number of rotatable bonds is 3. The number of aromatic nitrogens is 1. The van der Waals surface area contributed by atoms with Crippen LogP contribution < -0.4 is 0 Å². The van der Waals surface area contributed by atoms with Crippen molar-refractivity contribution in [1.29, 1.82) is 0 Å². The highest BCUT2D eigenvalue weighted by atomic mass is 32.2. The van der Waals surface area contributed by atoms with Crippen LogP contribution in [0.25, 0.3) is 93.2 Å². The molecule has 0 amide bonds. The van der Waals surface area contributed by atoms with E-state index in [2.05, 4.69) is 180 Å². The van der Waals surface area contributed by atoms with E-state index >= 15 is 0 Å². The Morgan fingerprint density at radius 2 is 0.840 bits per heavy atom. The van der Waals surface area contributed by atoms with E-state index in [1.807, 2.05) is 11.8 Å². The maximum Gasteiger partial charge on any atom is 0.0547 e. The molecule has 1 aliphatic heterocycles. The molecule has 2 heteroatoms. The number of nitrogens with zero attached hydrogens (tertiary/aromatic N) is 1. The zero-order valence-corrected chi connectivity index (χ0v) is 27.9. The van der Waals surface area contributed by atoms with E-state index in [-0.39, 0.29) is 0 Å². The molecule has 1 nitrogen and oxygen atoms in total. The van der Waals surface area contributed by atoms with Crippen molar-refractivity contribution in [1.82, 2.24) is 4.57 Å². The van der Waals surface area contributed by atoms with Crippen LogP contribution in [0.4, 0.5) is 0 Å². The summed E-state index contributed by atoms with van der Waals surface area (Å²) in [6, 6.07) is 65.1. The lowest BCUT2D eigenvalue weighted by Gasteiger charge is -2.21. The minimum absolute atomic E-state index is 1.17. The largest absolute Gasteiger partial charge is 0.309 e. The van der Waals surface area contributed by atoms with Crippen LogP contribution in [0.2, 0.25) is 0 Å². The summed E-state index contributed by atoms with van der Waals surface area (Å²) in [4.78, 5) is 2.66. The molecule has 0 aliphatic carbocycles. The molecular formula is C48H29NS. The third kappa shape index (κ3) is 4.22. The molecule has 0 atom stereocenters. The quantitative estimate of drug-likeness (QED) is 0.184. The van der Waals surface area contributed by atoms with Gasteiger partial charge in [0.1, 0.15) is 0 Å². The first-order chi connectivity index (χ1) is 24.7. The Morgan fingerprint density at radius 3 is 1.46 bits per heavy atom. The first kappa shape index (κ1) is 27.8. The summed E-state index contributed by atoms with van der Waals surface area (Å²) in [5, 5.41) is 10.3. The molecule has 0 unspecified atom stereocenters. The molecule has 0 spiro atoms. The first-order valence-corrected chi connectivity index (χ1v) is 18.0. The van der Waals surface area contributed by atoms with Gasteiger partial charge in [-0.25, -0.2) is 0 Å². The molecule has 0 radical (unpaired) electrons. The van der Waals surface area contributed by atoms with Gasteiger partial charge < -0.3 is 4.57 Å². The maximum absolute atomic E-state index is 2.43. The number of benzene rings is 9. The fraction of sp³-hybridized carbons (Fsp3) is 0. The van der Waals surface area contributed by atoms with Gasteiger partial charge in [-0.15, -0.1) is 0 Å². The van der Waals surface area contributed by atoms with Crippen molar-refractivity contribution in [2.24, 2.45) is 0 Å². The lowest BCUT2D eigenvalue weighted by Crippen LogP contribution is -1.94. The van der Waals surface area contributed by atoms with Gasteiger partial charge in [0.05, 0.1) is 11.0 Å². The molecule has 9 aromatic carbocycles. The van der Waals surface area contributed by atoms with Gasteiger partial charge in [-0.3, -0.25) is 0 Å². The standard InChI is InChI=1S/C48H29NS/c1-3-9-36-28-44-41(25-34(36)7-1)42-26-35-8-2-4-10-37(35)29-45(42)49(44)39-22-19-31(20-23-39)30-15-17-32(18-16-30)38-21-24-46-43(27-38)40-13-5-11-33-12-6-14-47(50-46)48(33)40/h1-29H. The molecule has 0 saturated carbocycles. The van der Waals surface area contributed by atoms with Crippen molar-refractivity contribution in [2.75, 3.05) is 0 Å². The molecule has 1 aliphatic rings. The minimum Gasteiger partial charge on any atom is -0.309 e. The summed E-state index contributed by atoms with van der Waals surface area (Å²) >= 11 is 1.88. The average Bonchev–Trinajstić information content (AvgIpc) is 3.48. The fourth-order valence-corrected chi connectivity index (χ4v) is 9.20. The number of hydrogen-bond donors (Lipinski definition) is 0. The van der Waals surface area contributed by atoms with Gasteiger partial charge in [0.2, 0.25) is 0 Å². The Hall–Kier alpha value is -6.09. The Morgan fingerprint density at radius 1 is 0.340 bits per heavy atom. The van der Waals surface area contributed by atoms with E-state index in [1.54, 1.807) is 0 Å². The molecule has 10 aromatic rings. The molecule has 232 valence electrons. The van der Waals surface area contributed by atoms with Crippen LogP contribution in [0, 0.1) is 0 Å². The third-order valence-corrected chi connectivity index (χ3v) is 11.7. The maximum atomic E-state index is 2.43. The van der Waals surface area contributed by atoms with Crippen molar-refractivity contribution < 1.29 is 0 Å². The Balaban J connectivity index is 0.972. The average molecular weight is 652 g/mol. The van der Waals surface area contributed by atoms with Gasteiger partial charge in [-0.05, 0) is 115 Å². The lowest BCUT2D eigenvalue weighted by molar-refractivity contribution is 1.18. The Labute approximate surface area is 294 Å². The van der Waals surface area contributed by atoms with E-state index in [1.165, 1.54) is 103 Å². The monoisotopic (exact) mass is 651 g/mol. The predicted molar refractivity (Wildman–Crippen MR) is 214 cm³/mol. The second-order valence-corrected chi connectivity index (χ2v) is 14.4. The van der Waals surface area contributed by atoms with Crippen molar-refractivity contribution in [2.45, 2.75) is 9.79 Å². The zero-order valence-electron chi connectivity index (χ0n) is 27.1. The second-order valence-electron chi connectivity index (χ2n) is 13.4. The summed E-state index contributed by atoms with van der Waals surface area (Å²) in [6.45, 7) is 0. The van der Waals surface area contributed by atoms with Crippen LogP contribution in [0.15, 0.2) is 186 Å². The van der Waals surface area contributed by atoms with Crippen LogP contribution in [-0.4, -0.2) is 4.57 Å². The summed E-state index contributed by atoms with van der Waals surface area (Å²) < 4.78 is 2.43. The van der Waals surface area contributed by atoms with Crippen LogP contribution in [0.3, 0.4) is 0 Å². The normalized spacial score (nSPS) is 12.3. The highest BCUT2D eigenvalue weighted by molar-refractivity contribution is 7.99. The number of fused-ring (bicyclic) bond motifs is 7. The number of hydrogen-bond acceptors (Lipinski definition) is 1. The Kier molecular flexibility index (Phi) is 5.96. The molecule has 0 bridgehead atoms. The summed E-state index contributed by atoms with van der Waals surface area (Å²) in [7, 11) is 0. The van der Waals surface area contributed by atoms with Gasteiger partial charge in [0, 0.05) is 31.6 Å². The molecule has 11 rings (SSSR count). The molecule has 0 fully saturated rings. The Bertz CT molecular complexity index is 2890. The van der Waals surface area contributed by atoms with Crippen molar-refractivity contribution in [3.8, 4) is 39.1 Å². The second kappa shape index (κ2) is 10.7. The van der Waals surface area contributed by atoms with E-state index < -0.39 is 0 Å². The van der Waals surface area contributed by atoms with Gasteiger partial charge in [-0.1, -0.05) is 133 Å². The lowest BCUT2D eigenvalue weighted by atomic mass is 9.94. The molecule has 50 heavy (non-hydrogen) atoms. The van der Waals surface area contributed by atoms with E-state index in [0.29, 0.717) is 0 Å². The summed E-state index contributed by atoms with van der Waals surface area (Å²) in [6.07, 6.45) is 0. The van der Waals surface area contributed by atoms with Crippen LogP contribution >= 0.6 is 11.8 Å². The van der Waals surface area contributed by atoms with Gasteiger partial charge >= 0.3 is 0 Å². The molecular weight excluding hydrogens is 623 g/mol. The van der Waals surface area contributed by atoms with E-state index in [0.717, 1.165) is 0 Å². The zero-order chi connectivity index (χ0) is 32.8. The third-order valence-electron chi connectivity index (χ3n) is 10.5. The van der Waals surface area contributed by atoms with Gasteiger partial charge in [-0.2, -0.15) is 0 Å². The van der Waals surface area contributed by atoms with Gasteiger partial charge in [0.15, 0.2) is 0 Å². The van der Waals surface area contributed by atoms with Crippen LogP contribution in [0.1, 0.15) is 0 Å². The van der Waals surface area contributed by atoms with E-state index in [9.17, 15) is 0 Å². The van der Waals surface area contributed by atoms with Crippen LogP contribution in [0.5, 0.6) is 0 Å². The highest BCUT2D eigenvalue weighted by Crippen LogP contribution is 2.48. The van der Waals surface area contributed by atoms with Crippen molar-refractivity contribution in [3.05, 3.63) is 176 Å². The SMILES string of the molecule is c1ccc2cc3c(cc2c1)c1cc2ccccc2cc1n3-c1ccc(-c2ccc(-c3ccc4c(c3)-c3cccc5cccc(c35)S4)cc2)cc1. The molecule has 0 saturated heterocycles. The summed E-state index contributed by atoms with van der Waals surface area (Å²) in [5.41, 5.74) is 11.2. The minimum atomic E-state index is 1.17. The summed E-state index contributed by atoms with van der Waals surface area (Å²) in [5.74, 6) is 0. The van der Waals surface area contributed by atoms with Gasteiger partial charge in [0.25, 0.3) is 0 Å². The first-order valence-electron chi connectivity index (χ1n) is 17.2. The molecule has 0 N–H and O–H groups in total. The smallest absolute Gasteiger partial charge is 0.0547 e. The predicted octanol–water partition coefficient (Wildman–Crippen LogP) is 13.7. The molecule has 2 heterocycles. The highest BCUT2D eigenvalue weighted by Gasteiger charge is 2.20. The topological polar surface area (TPSA) is 4.93 Å². The fourth-order valence-electron chi connectivity index (χ4n) is 8.07. The molecule has 1 aromatic heterocycles. The van der Waals surface area contributed by atoms with Crippen LogP contribution in [-0.2, 0) is 0 Å². The van der Waals surface area contributed by atoms with Crippen molar-refractivity contribution >= 4 is 65.9 Å².